The minimum atomic E-state index is -4.48. The Bertz CT molecular complexity index is 1300. The summed E-state index contributed by atoms with van der Waals surface area (Å²) in [5, 5.41) is 0. The Morgan fingerprint density at radius 1 is 0.921 bits per heavy atom. The fraction of sp³-hybridized carbons (Fsp3) is 0.367. The molecule has 38 heavy (non-hydrogen) atoms. The van der Waals surface area contributed by atoms with Gasteiger partial charge in [-0.05, 0) is 71.0 Å². The number of carbonyl (C=O) groups excluding carboxylic acids is 1. The van der Waals surface area contributed by atoms with Crippen molar-refractivity contribution >= 4 is 5.91 Å². The molecule has 0 bridgehead atoms. The molecule has 0 aliphatic carbocycles. The Balaban J connectivity index is 1.69. The molecule has 0 saturated carbocycles. The summed E-state index contributed by atoms with van der Waals surface area (Å²) in [4.78, 5) is 15.4. The van der Waals surface area contributed by atoms with E-state index >= 15 is 0 Å². The maximum Gasteiger partial charge on any atom is 0.416 e. The lowest BCUT2D eigenvalue weighted by atomic mass is 9.86. The first-order chi connectivity index (χ1) is 17.9. The number of fused-ring (bicyclic) bond motifs is 1. The van der Waals surface area contributed by atoms with Gasteiger partial charge in [-0.15, -0.1) is 0 Å². The number of ether oxygens (including phenoxy) is 3. The highest BCUT2D eigenvalue weighted by atomic mass is 19.4. The van der Waals surface area contributed by atoms with Crippen LogP contribution in [0.4, 0.5) is 13.2 Å². The van der Waals surface area contributed by atoms with Gasteiger partial charge in [-0.1, -0.05) is 39.0 Å². The van der Waals surface area contributed by atoms with Crippen molar-refractivity contribution in [1.29, 1.82) is 0 Å². The zero-order chi connectivity index (χ0) is 27.7. The fourth-order valence-electron chi connectivity index (χ4n) is 4.67. The van der Waals surface area contributed by atoms with Crippen LogP contribution in [0.5, 0.6) is 17.2 Å². The van der Waals surface area contributed by atoms with Gasteiger partial charge < -0.3 is 19.1 Å². The fourth-order valence-corrected chi connectivity index (χ4v) is 4.67. The summed E-state index contributed by atoms with van der Waals surface area (Å²) in [5.74, 6) is 0.971. The van der Waals surface area contributed by atoms with Gasteiger partial charge >= 0.3 is 6.18 Å². The summed E-state index contributed by atoms with van der Waals surface area (Å²) in [5.41, 5.74) is 2.57. The van der Waals surface area contributed by atoms with E-state index in [1.54, 1.807) is 12.0 Å². The first-order valence-electron chi connectivity index (χ1n) is 12.4. The zero-order valence-corrected chi connectivity index (χ0v) is 22.2. The summed E-state index contributed by atoms with van der Waals surface area (Å²) >= 11 is 0. The number of benzene rings is 3. The molecule has 1 unspecified atom stereocenters. The van der Waals surface area contributed by atoms with E-state index in [9.17, 15) is 18.0 Å². The number of carbonyl (C=O) groups is 1. The number of hydrogen-bond donors (Lipinski definition) is 0. The maximum absolute atomic E-state index is 13.7. The average molecular weight is 528 g/mol. The van der Waals surface area contributed by atoms with Gasteiger partial charge in [0.05, 0.1) is 25.8 Å². The van der Waals surface area contributed by atoms with Crippen LogP contribution < -0.4 is 14.2 Å². The number of amides is 1. The summed E-state index contributed by atoms with van der Waals surface area (Å²) < 4.78 is 56.5. The Labute approximate surface area is 221 Å². The lowest BCUT2D eigenvalue weighted by Gasteiger charge is -2.37. The van der Waals surface area contributed by atoms with Gasteiger partial charge in [0.1, 0.15) is 12.4 Å². The van der Waals surface area contributed by atoms with Crippen molar-refractivity contribution in [3.8, 4) is 17.2 Å². The molecule has 1 atom stereocenters. The molecule has 0 aromatic heterocycles. The molecule has 5 nitrogen and oxygen atoms in total. The predicted octanol–water partition coefficient (Wildman–Crippen LogP) is 6.84. The molecular weight excluding hydrogens is 495 g/mol. The number of alkyl halides is 3. The number of rotatable bonds is 6. The number of hydrogen-bond acceptors (Lipinski definition) is 4. The van der Waals surface area contributed by atoms with Crippen LogP contribution in [-0.2, 0) is 18.0 Å². The van der Waals surface area contributed by atoms with Crippen molar-refractivity contribution in [3.63, 3.8) is 0 Å². The van der Waals surface area contributed by atoms with E-state index in [4.69, 9.17) is 14.2 Å². The van der Waals surface area contributed by atoms with Crippen LogP contribution in [0.15, 0.2) is 60.7 Å². The van der Waals surface area contributed by atoms with E-state index in [0.29, 0.717) is 30.0 Å². The number of nitrogens with zero attached hydrogens (tertiary/aromatic N) is 1. The molecule has 4 rings (SSSR count). The third-order valence-corrected chi connectivity index (χ3v) is 6.83. The Hall–Kier alpha value is -3.68. The average Bonchev–Trinajstić information content (AvgIpc) is 2.89. The Morgan fingerprint density at radius 3 is 2.18 bits per heavy atom. The molecule has 3 aromatic rings. The SMILES string of the molecule is COc1cc2c(cc1OC)C(COc1cccc(C(F)(F)F)c1)N(C(=O)c1ccc(C(C)(C)C)cc1)CC2. The first kappa shape index (κ1) is 27.4. The largest absolute Gasteiger partial charge is 0.493 e. The molecule has 1 heterocycles. The minimum absolute atomic E-state index is 0.0321. The highest BCUT2D eigenvalue weighted by Gasteiger charge is 2.34. The standard InChI is InChI=1S/C30H32F3NO4/c1-29(2,3)21-11-9-19(10-12-21)28(35)34-14-13-20-15-26(36-4)27(37-5)17-24(20)25(34)18-38-23-8-6-7-22(16-23)30(31,32)33/h6-12,15-17,25H,13-14,18H2,1-5H3. The lowest BCUT2D eigenvalue weighted by molar-refractivity contribution is -0.137. The van der Waals surface area contributed by atoms with Gasteiger partial charge in [-0.25, -0.2) is 0 Å². The van der Waals surface area contributed by atoms with E-state index in [1.165, 1.54) is 19.2 Å². The van der Waals surface area contributed by atoms with E-state index in [-0.39, 0.29) is 23.7 Å². The topological polar surface area (TPSA) is 48.0 Å². The van der Waals surface area contributed by atoms with Crippen LogP contribution >= 0.6 is 0 Å². The van der Waals surface area contributed by atoms with Crippen LogP contribution in [-0.4, -0.2) is 38.2 Å². The lowest BCUT2D eigenvalue weighted by Crippen LogP contribution is -2.42. The highest BCUT2D eigenvalue weighted by Crippen LogP contribution is 2.39. The Kier molecular flexibility index (Phi) is 7.63. The predicted molar refractivity (Wildman–Crippen MR) is 139 cm³/mol. The van der Waals surface area contributed by atoms with Gasteiger partial charge in [0.15, 0.2) is 11.5 Å². The molecule has 0 saturated heterocycles. The molecule has 0 fully saturated rings. The van der Waals surface area contributed by atoms with Crippen molar-refractivity contribution in [2.45, 2.75) is 44.8 Å². The molecule has 0 N–H and O–H groups in total. The van der Waals surface area contributed by atoms with Crippen LogP contribution in [0.1, 0.15) is 59.4 Å². The second kappa shape index (κ2) is 10.6. The summed E-state index contributed by atoms with van der Waals surface area (Å²) in [7, 11) is 3.08. The van der Waals surface area contributed by atoms with Crippen molar-refractivity contribution in [3.05, 3.63) is 88.5 Å². The molecular formula is C30H32F3NO4. The monoisotopic (exact) mass is 527 g/mol. The van der Waals surface area contributed by atoms with Crippen LogP contribution in [0, 0.1) is 0 Å². The number of methoxy groups -OCH3 is 2. The molecule has 8 heteroatoms. The highest BCUT2D eigenvalue weighted by molar-refractivity contribution is 5.94. The molecule has 0 radical (unpaired) electrons. The molecule has 202 valence electrons. The molecule has 1 aliphatic rings. The zero-order valence-electron chi connectivity index (χ0n) is 22.2. The van der Waals surface area contributed by atoms with Crippen molar-refractivity contribution in [2.24, 2.45) is 0 Å². The van der Waals surface area contributed by atoms with Gasteiger partial charge in [0.2, 0.25) is 0 Å². The summed E-state index contributed by atoms with van der Waals surface area (Å²) in [6.07, 6.45) is -3.90. The second-order valence-corrected chi connectivity index (χ2v) is 10.3. The van der Waals surface area contributed by atoms with E-state index in [2.05, 4.69) is 20.8 Å². The molecule has 1 aliphatic heterocycles. The normalized spacial score (nSPS) is 15.6. The molecule has 3 aromatic carbocycles. The van der Waals surface area contributed by atoms with Crippen molar-refractivity contribution in [2.75, 3.05) is 27.4 Å². The van der Waals surface area contributed by atoms with Crippen molar-refractivity contribution in [1.82, 2.24) is 4.90 Å². The van der Waals surface area contributed by atoms with Gasteiger partial charge in [0.25, 0.3) is 5.91 Å². The van der Waals surface area contributed by atoms with Crippen molar-refractivity contribution < 1.29 is 32.2 Å². The third-order valence-electron chi connectivity index (χ3n) is 6.83. The minimum Gasteiger partial charge on any atom is -0.493 e. The first-order valence-corrected chi connectivity index (χ1v) is 12.4. The van der Waals surface area contributed by atoms with E-state index < -0.39 is 17.8 Å². The Morgan fingerprint density at radius 2 is 1.58 bits per heavy atom. The number of halogens is 3. The van der Waals surface area contributed by atoms with Crippen LogP contribution in [0.3, 0.4) is 0 Å². The third kappa shape index (κ3) is 5.74. The quantitative estimate of drug-likeness (QED) is 0.352. The smallest absolute Gasteiger partial charge is 0.416 e. The summed E-state index contributed by atoms with van der Waals surface area (Å²) in [6, 6.07) is 15.4. The molecule has 1 amide bonds. The van der Waals surface area contributed by atoms with Gasteiger partial charge in [0, 0.05) is 12.1 Å². The maximum atomic E-state index is 13.7. The van der Waals surface area contributed by atoms with Gasteiger partial charge in [-0.2, -0.15) is 13.2 Å². The van der Waals surface area contributed by atoms with Crippen LogP contribution in [0.25, 0.3) is 0 Å². The van der Waals surface area contributed by atoms with Gasteiger partial charge in [-0.3, -0.25) is 4.79 Å². The van der Waals surface area contributed by atoms with Crippen LogP contribution in [0.2, 0.25) is 0 Å². The molecule has 0 spiro atoms. The van der Waals surface area contributed by atoms with E-state index in [0.717, 1.165) is 28.8 Å². The second-order valence-electron chi connectivity index (χ2n) is 10.3. The van der Waals surface area contributed by atoms with E-state index in [1.807, 2.05) is 36.4 Å². The summed E-state index contributed by atoms with van der Waals surface area (Å²) in [6.45, 7) is 6.70.